The molecule has 0 bridgehead atoms. The number of imidazole rings is 1. The van der Waals surface area contributed by atoms with Crippen molar-refractivity contribution in [3.05, 3.63) is 71.7 Å². The van der Waals surface area contributed by atoms with Crippen LogP contribution in [0.2, 0.25) is 0 Å². The van der Waals surface area contributed by atoms with E-state index in [0.717, 1.165) is 31.6 Å². The summed E-state index contributed by atoms with van der Waals surface area (Å²) in [6.07, 6.45) is 6.51. The van der Waals surface area contributed by atoms with E-state index in [4.69, 9.17) is 4.98 Å². The number of fused-ring (bicyclic) bond motifs is 1. The summed E-state index contributed by atoms with van der Waals surface area (Å²) in [6.45, 7) is 4.22. The lowest BCUT2D eigenvalue weighted by atomic mass is 9.71. The van der Waals surface area contributed by atoms with Crippen molar-refractivity contribution in [2.45, 2.75) is 25.2 Å². The van der Waals surface area contributed by atoms with E-state index in [9.17, 15) is 0 Å². The third-order valence-electron chi connectivity index (χ3n) is 4.95. The summed E-state index contributed by atoms with van der Waals surface area (Å²) in [7, 11) is 0. The highest BCUT2D eigenvalue weighted by Gasteiger charge is 2.37. The molecule has 2 aromatic heterocycles. The number of aryl methyl sites for hydroxylation is 1. The summed E-state index contributed by atoms with van der Waals surface area (Å²) in [5, 5.41) is 3.49. The quantitative estimate of drug-likeness (QED) is 0.785. The summed E-state index contributed by atoms with van der Waals surface area (Å²) >= 11 is 0. The van der Waals surface area contributed by atoms with E-state index in [1.165, 1.54) is 16.8 Å². The van der Waals surface area contributed by atoms with Gasteiger partial charge in [-0.1, -0.05) is 36.4 Å². The van der Waals surface area contributed by atoms with E-state index in [-0.39, 0.29) is 5.41 Å². The summed E-state index contributed by atoms with van der Waals surface area (Å²) in [4.78, 5) is 5.02. The number of piperidine rings is 1. The van der Waals surface area contributed by atoms with Crippen molar-refractivity contribution in [3.63, 3.8) is 0 Å². The predicted molar refractivity (Wildman–Crippen MR) is 89.3 cm³/mol. The van der Waals surface area contributed by atoms with Crippen molar-refractivity contribution in [3.8, 4) is 0 Å². The van der Waals surface area contributed by atoms with Crippen molar-refractivity contribution in [1.82, 2.24) is 14.7 Å². The van der Waals surface area contributed by atoms with Crippen molar-refractivity contribution in [2.24, 2.45) is 0 Å². The first-order valence-corrected chi connectivity index (χ1v) is 8.01. The molecule has 0 amide bonds. The van der Waals surface area contributed by atoms with Gasteiger partial charge in [0.1, 0.15) is 5.65 Å². The second-order valence-corrected chi connectivity index (χ2v) is 6.25. The highest BCUT2D eigenvalue weighted by Crippen LogP contribution is 2.39. The normalized spacial score (nSPS) is 17.7. The maximum Gasteiger partial charge on any atom is 0.139 e. The monoisotopic (exact) mass is 291 g/mol. The van der Waals surface area contributed by atoms with Crippen LogP contribution in [-0.2, 0) is 5.41 Å². The molecular weight excluding hydrogens is 270 g/mol. The number of nitrogens with one attached hydrogen (secondary N) is 1. The zero-order chi connectivity index (χ0) is 15.0. The Balaban J connectivity index is 1.91. The lowest BCUT2D eigenvalue weighted by Crippen LogP contribution is -2.41. The van der Waals surface area contributed by atoms with Crippen LogP contribution < -0.4 is 5.32 Å². The fourth-order valence-electron chi connectivity index (χ4n) is 3.69. The van der Waals surface area contributed by atoms with E-state index in [2.05, 4.69) is 71.5 Å². The third-order valence-corrected chi connectivity index (χ3v) is 4.95. The van der Waals surface area contributed by atoms with Gasteiger partial charge in [-0.3, -0.25) is 0 Å². The molecule has 3 nitrogen and oxygen atoms in total. The standard InChI is InChI=1S/C19H21N3/c1-15-6-5-13-22-14-17(21-18(15)22)19(9-11-20-12-10-19)16-7-3-2-4-8-16/h2-8,13-14,20H,9-12H2,1H3. The van der Waals surface area contributed by atoms with Gasteiger partial charge in [-0.05, 0) is 50.0 Å². The summed E-state index contributed by atoms with van der Waals surface area (Å²) in [5.41, 5.74) is 4.93. The molecule has 1 fully saturated rings. The van der Waals surface area contributed by atoms with Crippen LogP contribution in [0.1, 0.15) is 29.7 Å². The van der Waals surface area contributed by atoms with E-state index in [0.29, 0.717) is 0 Å². The second kappa shape index (κ2) is 5.25. The first-order chi connectivity index (χ1) is 10.8. The highest BCUT2D eigenvalue weighted by molar-refractivity contribution is 5.50. The van der Waals surface area contributed by atoms with Gasteiger partial charge in [-0.25, -0.2) is 4.98 Å². The Morgan fingerprint density at radius 2 is 1.82 bits per heavy atom. The molecule has 0 unspecified atom stereocenters. The number of hydrogen-bond acceptors (Lipinski definition) is 2. The van der Waals surface area contributed by atoms with Crippen LogP contribution in [0.3, 0.4) is 0 Å². The Kier molecular flexibility index (Phi) is 3.23. The Morgan fingerprint density at radius 1 is 1.05 bits per heavy atom. The largest absolute Gasteiger partial charge is 0.317 e. The van der Waals surface area contributed by atoms with Crippen LogP contribution in [0.15, 0.2) is 54.9 Å². The van der Waals surface area contributed by atoms with Crippen LogP contribution in [-0.4, -0.2) is 22.5 Å². The topological polar surface area (TPSA) is 29.3 Å². The molecule has 1 aliphatic rings. The molecule has 0 atom stereocenters. The van der Waals surface area contributed by atoms with Crippen molar-refractivity contribution < 1.29 is 0 Å². The highest BCUT2D eigenvalue weighted by atomic mass is 15.0. The Labute approximate surface area is 131 Å². The van der Waals surface area contributed by atoms with Gasteiger partial charge in [0.25, 0.3) is 0 Å². The minimum Gasteiger partial charge on any atom is -0.317 e. The molecule has 1 N–H and O–H groups in total. The second-order valence-electron chi connectivity index (χ2n) is 6.25. The molecule has 4 rings (SSSR count). The van der Waals surface area contributed by atoms with Gasteiger partial charge in [0.2, 0.25) is 0 Å². The Hall–Kier alpha value is -2.13. The van der Waals surface area contributed by atoms with E-state index < -0.39 is 0 Å². The number of nitrogens with zero attached hydrogens (tertiary/aromatic N) is 2. The molecule has 22 heavy (non-hydrogen) atoms. The van der Waals surface area contributed by atoms with Crippen molar-refractivity contribution in [2.75, 3.05) is 13.1 Å². The lowest BCUT2D eigenvalue weighted by Gasteiger charge is -2.37. The summed E-state index contributed by atoms with van der Waals surface area (Å²) < 4.78 is 2.16. The smallest absolute Gasteiger partial charge is 0.139 e. The van der Waals surface area contributed by atoms with Crippen LogP contribution in [0.4, 0.5) is 0 Å². The molecule has 0 saturated carbocycles. The average Bonchev–Trinajstić information content (AvgIpc) is 3.03. The third kappa shape index (κ3) is 2.04. The Morgan fingerprint density at radius 3 is 2.55 bits per heavy atom. The van der Waals surface area contributed by atoms with Gasteiger partial charge in [0.05, 0.1) is 5.69 Å². The van der Waals surface area contributed by atoms with Crippen molar-refractivity contribution >= 4 is 5.65 Å². The van der Waals surface area contributed by atoms with Crippen molar-refractivity contribution in [1.29, 1.82) is 0 Å². The maximum atomic E-state index is 5.02. The molecule has 1 aromatic carbocycles. The van der Waals surface area contributed by atoms with Crippen LogP contribution in [0.5, 0.6) is 0 Å². The number of hydrogen-bond donors (Lipinski definition) is 1. The number of aromatic nitrogens is 2. The van der Waals surface area contributed by atoms with Gasteiger partial charge >= 0.3 is 0 Å². The molecule has 1 saturated heterocycles. The fourth-order valence-corrected chi connectivity index (χ4v) is 3.69. The minimum atomic E-state index is 0.0327. The number of benzene rings is 1. The molecule has 1 aliphatic heterocycles. The van der Waals surface area contributed by atoms with Gasteiger partial charge in [0.15, 0.2) is 0 Å². The summed E-state index contributed by atoms with van der Waals surface area (Å²) in [6, 6.07) is 15.1. The predicted octanol–water partition coefficient (Wildman–Crippen LogP) is 3.31. The van der Waals surface area contributed by atoms with Crippen LogP contribution in [0, 0.1) is 6.92 Å². The minimum absolute atomic E-state index is 0.0327. The summed E-state index contributed by atoms with van der Waals surface area (Å²) in [5.74, 6) is 0. The maximum absolute atomic E-state index is 5.02. The molecule has 0 aliphatic carbocycles. The fraction of sp³-hybridized carbons (Fsp3) is 0.316. The zero-order valence-corrected chi connectivity index (χ0v) is 12.9. The molecule has 0 radical (unpaired) electrons. The molecular formula is C19H21N3. The number of rotatable bonds is 2. The Bertz CT molecular complexity index is 783. The van der Waals surface area contributed by atoms with Gasteiger partial charge < -0.3 is 9.72 Å². The molecule has 112 valence electrons. The van der Waals surface area contributed by atoms with Gasteiger partial charge in [0, 0.05) is 17.8 Å². The first kappa shape index (κ1) is 13.5. The van der Waals surface area contributed by atoms with Gasteiger partial charge in [-0.15, -0.1) is 0 Å². The number of pyridine rings is 1. The molecule has 3 heteroatoms. The van der Waals surface area contributed by atoms with E-state index >= 15 is 0 Å². The van der Waals surface area contributed by atoms with Crippen LogP contribution in [0.25, 0.3) is 5.65 Å². The average molecular weight is 291 g/mol. The van der Waals surface area contributed by atoms with Crippen LogP contribution >= 0.6 is 0 Å². The zero-order valence-electron chi connectivity index (χ0n) is 12.9. The molecule has 0 spiro atoms. The molecule has 3 heterocycles. The van der Waals surface area contributed by atoms with E-state index in [1.54, 1.807) is 0 Å². The van der Waals surface area contributed by atoms with Gasteiger partial charge in [-0.2, -0.15) is 0 Å². The first-order valence-electron chi connectivity index (χ1n) is 8.01. The SMILES string of the molecule is Cc1cccn2cc(C3(c4ccccc4)CCNCC3)nc12. The lowest BCUT2D eigenvalue weighted by molar-refractivity contribution is 0.355. The molecule has 3 aromatic rings. The van der Waals surface area contributed by atoms with E-state index in [1.807, 2.05) is 0 Å².